The standard InChI is InChI=1S/C19H18N2O5S/c1-27(24,25)17-10-6-5-9-15(17)19(23)26-13-18(22)21-12-11-16(20-21)14-7-3-2-4-8-14/h2-10H,11-13H2,1H3. The number of ether oxygens (including phenoxy) is 1. The molecule has 140 valence electrons. The van der Waals surface area contributed by atoms with Crippen LogP contribution in [0, 0.1) is 0 Å². The van der Waals surface area contributed by atoms with E-state index in [-0.39, 0.29) is 10.5 Å². The predicted molar refractivity (Wildman–Crippen MR) is 99.1 cm³/mol. The zero-order chi connectivity index (χ0) is 19.4. The van der Waals surface area contributed by atoms with Crippen molar-refractivity contribution in [3.05, 3.63) is 65.7 Å². The summed E-state index contributed by atoms with van der Waals surface area (Å²) in [6.07, 6.45) is 1.62. The lowest BCUT2D eigenvalue weighted by molar-refractivity contribution is -0.134. The Labute approximate surface area is 157 Å². The molecule has 3 rings (SSSR count). The largest absolute Gasteiger partial charge is 0.452 e. The summed E-state index contributed by atoms with van der Waals surface area (Å²) in [5.41, 5.74) is 1.63. The molecule has 1 aliphatic heterocycles. The van der Waals surface area contributed by atoms with Gasteiger partial charge in [0, 0.05) is 12.7 Å². The normalized spacial score (nSPS) is 14.0. The van der Waals surface area contributed by atoms with Crippen molar-refractivity contribution in [2.45, 2.75) is 11.3 Å². The van der Waals surface area contributed by atoms with Crippen LogP contribution in [-0.2, 0) is 19.4 Å². The molecule has 0 spiro atoms. The third kappa shape index (κ3) is 4.40. The minimum Gasteiger partial charge on any atom is -0.452 e. The maximum Gasteiger partial charge on any atom is 0.339 e. The molecular weight excluding hydrogens is 368 g/mol. The Kier molecular flexibility index (Phi) is 5.36. The minimum absolute atomic E-state index is 0.0947. The highest BCUT2D eigenvalue weighted by Crippen LogP contribution is 2.17. The van der Waals surface area contributed by atoms with Gasteiger partial charge in [0.15, 0.2) is 16.4 Å². The highest BCUT2D eigenvalue weighted by molar-refractivity contribution is 7.90. The van der Waals surface area contributed by atoms with Crippen LogP contribution in [0.2, 0.25) is 0 Å². The van der Waals surface area contributed by atoms with E-state index >= 15 is 0 Å². The fraction of sp³-hybridized carbons (Fsp3) is 0.211. The average Bonchev–Trinajstić information content (AvgIpc) is 3.16. The number of rotatable bonds is 5. The van der Waals surface area contributed by atoms with Gasteiger partial charge in [-0.25, -0.2) is 18.2 Å². The van der Waals surface area contributed by atoms with Crippen molar-refractivity contribution in [1.82, 2.24) is 5.01 Å². The summed E-state index contributed by atoms with van der Waals surface area (Å²) in [4.78, 5) is 24.4. The number of esters is 1. The van der Waals surface area contributed by atoms with Gasteiger partial charge in [-0.05, 0) is 17.7 Å². The van der Waals surface area contributed by atoms with Crippen molar-refractivity contribution >= 4 is 27.4 Å². The molecule has 1 heterocycles. The Bertz CT molecular complexity index is 1000. The Morgan fingerprint density at radius 3 is 2.44 bits per heavy atom. The van der Waals surface area contributed by atoms with Gasteiger partial charge in [-0.1, -0.05) is 42.5 Å². The van der Waals surface area contributed by atoms with Crippen molar-refractivity contribution in [2.24, 2.45) is 5.10 Å². The molecule has 0 unspecified atom stereocenters. The van der Waals surface area contributed by atoms with Crippen molar-refractivity contribution in [1.29, 1.82) is 0 Å². The number of carbonyl (C=O) groups excluding carboxylic acids is 2. The first kappa shape index (κ1) is 18.8. The molecule has 0 aromatic heterocycles. The van der Waals surface area contributed by atoms with E-state index in [1.165, 1.54) is 29.3 Å². The Balaban J connectivity index is 1.65. The number of hydrogen-bond acceptors (Lipinski definition) is 6. The molecule has 0 aliphatic carbocycles. The second-order valence-corrected chi connectivity index (χ2v) is 8.01. The molecule has 7 nitrogen and oxygen atoms in total. The van der Waals surface area contributed by atoms with E-state index in [2.05, 4.69) is 5.10 Å². The number of hydrazone groups is 1. The second kappa shape index (κ2) is 7.71. The smallest absolute Gasteiger partial charge is 0.339 e. The summed E-state index contributed by atoms with van der Waals surface area (Å²) in [6.45, 7) is -0.108. The van der Waals surface area contributed by atoms with Crippen LogP contribution < -0.4 is 0 Å². The first-order valence-electron chi connectivity index (χ1n) is 8.26. The molecule has 0 saturated carbocycles. The van der Waals surface area contributed by atoms with Gasteiger partial charge in [0.05, 0.1) is 22.7 Å². The van der Waals surface area contributed by atoms with Gasteiger partial charge in [-0.2, -0.15) is 5.10 Å². The molecule has 0 radical (unpaired) electrons. The van der Waals surface area contributed by atoms with E-state index in [0.29, 0.717) is 13.0 Å². The third-order valence-electron chi connectivity index (χ3n) is 4.03. The zero-order valence-electron chi connectivity index (χ0n) is 14.7. The van der Waals surface area contributed by atoms with Crippen molar-refractivity contribution in [2.75, 3.05) is 19.4 Å². The van der Waals surface area contributed by atoms with Crippen LogP contribution >= 0.6 is 0 Å². The van der Waals surface area contributed by atoms with E-state index in [9.17, 15) is 18.0 Å². The third-order valence-corrected chi connectivity index (χ3v) is 5.18. The second-order valence-electron chi connectivity index (χ2n) is 6.02. The summed E-state index contributed by atoms with van der Waals surface area (Å²) in [7, 11) is -3.59. The Morgan fingerprint density at radius 2 is 1.74 bits per heavy atom. The SMILES string of the molecule is CS(=O)(=O)c1ccccc1C(=O)OCC(=O)N1CCC(c2ccccc2)=N1. The van der Waals surface area contributed by atoms with Crippen molar-refractivity contribution in [3.63, 3.8) is 0 Å². The van der Waals surface area contributed by atoms with Crippen LogP contribution in [0.25, 0.3) is 0 Å². The van der Waals surface area contributed by atoms with Crippen LogP contribution in [0.15, 0.2) is 64.6 Å². The maximum absolute atomic E-state index is 12.3. The Morgan fingerprint density at radius 1 is 1.07 bits per heavy atom. The average molecular weight is 386 g/mol. The number of amides is 1. The van der Waals surface area contributed by atoms with Crippen molar-refractivity contribution < 1.29 is 22.7 Å². The van der Waals surface area contributed by atoms with Gasteiger partial charge in [0.1, 0.15) is 0 Å². The Hall–Kier alpha value is -3.00. The van der Waals surface area contributed by atoms with E-state index in [1.54, 1.807) is 0 Å². The molecule has 27 heavy (non-hydrogen) atoms. The lowest BCUT2D eigenvalue weighted by atomic mass is 10.1. The summed E-state index contributed by atoms with van der Waals surface area (Å²) in [6, 6.07) is 15.2. The molecule has 2 aromatic rings. The summed E-state index contributed by atoms with van der Waals surface area (Å²) in [5, 5.41) is 5.54. The first-order chi connectivity index (χ1) is 12.9. The predicted octanol–water partition coefficient (Wildman–Crippen LogP) is 1.88. The fourth-order valence-electron chi connectivity index (χ4n) is 2.71. The van der Waals surface area contributed by atoms with Crippen LogP contribution in [0.3, 0.4) is 0 Å². The van der Waals surface area contributed by atoms with Gasteiger partial charge in [-0.3, -0.25) is 4.79 Å². The first-order valence-corrected chi connectivity index (χ1v) is 10.1. The van der Waals surface area contributed by atoms with Gasteiger partial charge in [0.2, 0.25) is 0 Å². The molecule has 0 saturated heterocycles. The molecule has 0 fully saturated rings. The number of sulfone groups is 1. The molecule has 1 aliphatic rings. The lowest BCUT2D eigenvalue weighted by Crippen LogP contribution is -2.29. The fourth-order valence-corrected chi connectivity index (χ4v) is 3.59. The molecule has 2 aromatic carbocycles. The summed E-state index contributed by atoms with van der Waals surface area (Å²) < 4.78 is 28.6. The monoisotopic (exact) mass is 386 g/mol. The van der Waals surface area contributed by atoms with Crippen LogP contribution in [0.4, 0.5) is 0 Å². The molecule has 0 atom stereocenters. The number of hydrogen-bond donors (Lipinski definition) is 0. The number of benzene rings is 2. The van der Waals surface area contributed by atoms with Crippen LogP contribution in [0.1, 0.15) is 22.3 Å². The topological polar surface area (TPSA) is 93.1 Å². The molecular formula is C19H18N2O5S. The number of nitrogens with zero attached hydrogens (tertiary/aromatic N) is 2. The van der Waals surface area contributed by atoms with Gasteiger partial charge in [0.25, 0.3) is 5.91 Å². The quantitative estimate of drug-likeness (QED) is 0.732. The van der Waals surface area contributed by atoms with E-state index in [4.69, 9.17) is 4.74 Å². The highest BCUT2D eigenvalue weighted by Gasteiger charge is 2.24. The maximum atomic E-state index is 12.3. The zero-order valence-corrected chi connectivity index (χ0v) is 15.5. The van der Waals surface area contributed by atoms with E-state index in [0.717, 1.165) is 17.5 Å². The minimum atomic E-state index is -3.59. The highest BCUT2D eigenvalue weighted by atomic mass is 32.2. The van der Waals surface area contributed by atoms with Gasteiger partial charge in [-0.15, -0.1) is 0 Å². The summed E-state index contributed by atoms with van der Waals surface area (Å²) >= 11 is 0. The van der Waals surface area contributed by atoms with Crippen LogP contribution in [0.5, 0.6) is 0 Å². The van der Waals surface area contributed by atoms with Gasteiger partial charge >= 0.3 is 5.97 Å². The number of carbonyl (C=O) groups is 2. The molecule has 0 bridgehead atoms. The van der Waals surface area contributed by atoms with Crippen molar-refractivity contribution in [3.8, 4) is 0 Å². The lowest BCUT2D eigenvalue weighted by Gasteiger charge is -2.12. The molecule has 8 heteroatoms. The van der Waals surface area contributed by atoms with Crippen LogP contribution in [-0.4, -0.2) is 50.4 Å². The molecule has 1 amide bonds. The van der Waals surface area contributed by atoms with E-state index < -0.39 is 28.3 Å². The van der Waals surface area contributed by atoms with Gasteiger partial charge < -0.3 is 4.74 Å². The molecule has 0 N–H and O–H groups in total. The van der Waals surface area contributed by atoms with E-state index in [1.807, 2.05) is 30.3 Å². The summed E-state index contributed by atoms with van der Waals surface area (Å²) in [5.74, 6) is -1.33.